The van der Waals surface area contributed by atoms with Crippen molar-refractivity contribution in [2.24, 2.45) is 0 Å². The molecule has 1 aliphatic heterocycles. The second kappa shape index (κ2) is 7.68. The van der Waals surface area contributed by atoms with Crippen LogP contribution >= 0.6 is 23.2 Å². The highest BCUT2D eigenvalue weighted by molar-refractivity contribution is 6.42. The average molecular weight is 380 g/mol. The van der Waals surface area contributed by atoms with Crippen molar-refractivity contribution >= 4 is 40.9 Å². The molecule has 7 heteroatoms. The first-order valence-electron chi connectivity index (χ1n) is 7.48. The lowest BCUT2D eigenvalue weighted by atomic mass is 10.1. The molecule has 25 heavy (non-hydrogen) atoms. The number of anilines is 1. The molecule has 1 N–H and O–H groups in total. The third kappa shape index (κ3) is 4.18. The molecule has 0 radical (unpaired) electrons. The quantitative estimate of drug-likeness (QED) is 0.798. The molecule has 0 fully saturated rings. The molecule has 0 atom stereocenters. The molecule has 5 nitrogen and oxygen atoms in total. The van der Waals surface area contributed by atoms with Gasteiger partial charge in [0.05, 0.1) is 17.2 Å². The molecular weight excluding hydrogens is 365 g/mol. The summed E-state index contributed by atoms with van der Waals surface area (Å²) in [5.74, 6) is 1.43. The number of fused-ring (bicyclic) bond motifs is 1. The minimum absolute atomic E-state index is 0.299. The lowest BCUT2D eigenvalue weighted by Crippen LogP contribution is -2.16. The van der Waals surface area contributed by atoms with E-state index in [0.29, 0.717) is 46.2 Å². The highest BCUT2D eigenvalue weighted by atomic mass is 35.5. The number of rotatable bonds is 4. The maximum atomic E-state index is 12.1. The van der Waals surface area contributed by atoms with Gasteiger partial charge in [-0.2, -0.15) is 0 Å². The van der Waals surface area contributed by atoms with Crippen molar-refractivity contribution in [3.8, 4) is 17.2 Å². The number of carbonyl (C=O) groups excluding carboxylic acids is 1. The summed E-state index contributed by atoms with van der Waals surface area (Å²) in [6.07, 6.45) is 3.07. The average Bonchev–Trinajstić information content (AvgIpc) is 2.62. The van der Waals surface area contributed by atoms with Gasteiger partial charge in [0.25, 0.3) is 0 Å². The zero-order valence-electron chi connectivity index (χ0n) is 13.3. The summed E-state index contributed by atoms with van der Waals surface area (Å²) in [6, 6.07) is 8.45. The van der Waals surface area contributed by atoms with Crippen LogP contribution in [0.3, 0.4) is 0 Å². The van der Waals surface area contributed by atoms with E-state index < -0.39 is 0 Å². The van der Waals surface area contributed by atoms with Gasteiger partial charge in [-0.3, -0.25) is 4.79 Å². The van der Waals surface area contributed by atoms with E-state index in [-0.39, 0.29) is 5.91 Å². The number of hydrogen-bond donors (Lipinski definition) is 1. The minimum Gasteiger partial charge on any atom is -0.493 e. The van der Waals surface area contributed by atoms with Crippen molar-refractivity contribution < 1.29 is 19.0 Å². The molecule has 3 rings (SSSR count). The summed E-state index contributed by atoms with van der Waals surface area (Å²) in [6.45, 7) is 0.950. The Morgan fingerprint density at radius 2 is 1.96 bits per heavy atom. The molecule has 0 unspecified atom stereocenters. The number of amides is 1. The third-order valence-corrected chi connectivity index (χ3v) is 4.20. The van der Waals surface area contributed by atoms with Crippen molar-refractivity contribution in [2.75, 3.05) is 25.6 Å². The topological polar surface area (TPSA) is 56.8 Å². The van der Waals surface area contributed by atoms with Gasteiger partial charge in [0.2, 0.25) is 11.7 Å². The number of benzene rings is 2. The molecular formula is C18H15Cl2NO4. The van der Waals surface area contributed by atoms with Gasteiger partial charge in [-0.05, 0) is 42.0 Å². The fourth-order valence-corrected chi connectivity index (χ4v) is 2.62. The predicted octanol–water partition coefficient (Wildman–Crippen LogP) is 4.43. The summed E-state index contributed by atoms with van der Waals surface area (Å²) in [5, 5.41) is 3.52. The van der Waals surface area contributed by atoms with Crippen LogP contribution in [0.15, 0.2) is 36.4 Å². The Morgan fingerprint density at radius 1 is 1.16 bits per heavy atom. The van der Waals surface area contributed by atoms with Crippen LogP contribution in [0, 0.1) is 0 Å². The molecule has 0 saturated carbocycles. The van der Waals surface area contributed by atoms with Crippen molar-refractivity contribution in [1.82, 2.24) is 0 Å². The van der Waals surface area contributed by atoms with Gasteiger partial charge in [0.15, 0.2) is 11.5 Å². The lowest BCUT2D eigenvalue weighted by molar-refractivity contribution is -0.111. The largest absolute Gasteiger partial charge is 0.493 e. The molecule has 1 amide bonds. The number of nitrogens with one attached hydrogen (secondary N) is 1. The van der Waals surface area contributed by atoms with E-state index in [4.69, 9.17) is 37.4 Å². The Labute approximate surface area is 155 Å². The van der Waals surface area contributed by atoms with Crippen LogP contribution < -0.4 is 19.5 Å². The Hall–Kier alpha value is -2.37. The second-order valence-corrected chi connectivity index (χ2v) is 6.01. The van der Waals surface area contributed by atoms with Gasteiger partial charge >= 0.3 is 0 Å². The van der Waals surface area contributed by atoms with Gasteiger partial charge < -0.3 is 19.5 Å². The Kier molecular flexibility index (Phi) is 5.36. The molecule has 2 aromatic rings. The van der Waals surface area contributed by atoms with Gasteiger partial charge in [-0.15, -0.1) is 0 Å². The minimum atomic E-state index is -0.299. The van der Waals surface area contributed by atoms with Crippen LogP contribution in [-0.4, -0.2) is 26.2 Å². The fraction of sp³-hybridized carbons (Fsp3) is 0.167. The van der Waals surface area contributed by atoms with E-state index in [0.717, 1.165) is 5.56 Å². The van der Waals surface area contributed by atoms with Crippen LogP contribution in [0.4, 0.5) is 5.69 Å². The lowest BCUT2D eigenvalue weighted by Gasteiger charge is -2.20. The zero-order chi connectivity index (χ0) is 17.8. The summed E-state index contributed by atoms with van der Waals surface area (Å²) in [4.78, 5) is 12.1. The maximum absolute atomic E-state index is 12.1. The Bertz CT molecular complexity index is 819. The highest BCUT2D eigenvalue weighted by Crippen LogP contribution is 2.40. The van der Waals surface area contributed by atoms with E-state index in [1.165, 1.54) is 6.08 Å². The van der Waals surface area contributed by atoms with Gasteiger partial charge in [-0.1, -0.05) is 23.2 Å². The van der Waals surface area contributed by atoms with Crippen molar-refractivity contribution in [2.45, 2.75) is 0 Å². The molecule has 0 aliphatic carbocycles. The number of hydrogen-bond acceptors (Lipinski definition) is 4. The van der Waals surface area contributed by atoms with Crippen molar-refractivity contribution in [1.29, 1.82) is 0 Å². The van der Waals surface area contributed by atoms with E-state index in [9.17, 15) is 4.79 Å². The first kappa shape index (κ1) is 17.5. The van der Waals surface area contributed by atoms with Crippen molar-refractivity contribution in [3.05, 3.63) is 52.0 Å². The molecule has 1 aliphatic rings. The maximum Gasteiger partial charge on any atom is 0.248 e. The van der Waals surface area contributed by atoms with E-state index in [1.54, 1.807) is 43.5 Å². The van der Waals surface area contributed by atoms with E-state index >= 15 is 0 Å². The molecule has 0 saturated heterocycles. The van der Waals surface area contributed by atoms with Gasteiger partial charge in [0, 0.05) is 11.8 Å². The van der Waals surface area contributed by atoms with E-state index in [1.807, 2.05) is 0 Å². The summed E-state index contributed by atoms with van der Waals surface area (Å²) in [7, 11) is 1.55. The van der Waals surface area contributed by atoms with Crippen LogP contribution in [0.25, 0.3) is 6.08 Å². The smallest absolute Gasteiger partial charge is 0.248 e. The van der Waals surface area contributed by atoms with Gasteiger partial charge in [0.1, 0.15) is 13.2 Å². The predicted molar refractivity (Wildman–Crippen MR) is 98.1 cm³/mol. The van der Waals surface area contributed by atoms with Crippen LogP contribution in [0.2, 0.25) is 10.0 Å². The highest BCUT2D eigenvalue weighted by Gasteiger charge is 2.17. The summed E-state index contributed by atoms with van der Waals surface area (Å²) >= 11 is 11.8. The number of methoxy groups -OCH3 is 1. The van der Waals surface area contributed by atoms with Crippen LogP contribution in [0.1, 0.15) is 5.56 Å². The standard InChI is InChI=1S/C18H15Cl2NO4/c1-23-15-8-11(9-16-18(15)25-7-6-24-16)2-5-17(22)21-12-3-4-13(19)14(20)10-12/h2-5,8-10H,6-7H2,1H3,(H,21,22)/b5-2+. The van der Waals surface area contributed by atoms with Crippen molar-refractivity contribution in [3.63, 3.8) is 0 Å². The second-order valence-electron chi connectivity index (χ2n) is 5.20. The molecule has 0 spiro atoms. The molecule has 0 aromatic heterocycles. The third-order valence-electron chi connectivity index (χ3n) is 3.46. The Balaban J connectivity index is 1.74. The molecule has 0 bridgehead atoms. The van der Waals surface area contributed by atoms with E-state index in [2.05, 4.69) is 5.32 Å². The Morgan fingerprint density at radius 3 is 2.72 bits per heavy atom. The monoisotopic (exact) mass is 379 g/mol. The molecule has 1 heterocycles. The summed E-state index contributed by atoms with van der Waals surface area (Å²) < 4.78 is 16.4. The van der Waals surface area contributed by atoms with Crippen LogP contribution in [-0.2, 0) is 4.79 Å². The first-order chi connectivity index (χ1) is 12.1. The number of ether oxygens (including phenoxy) is 3. The fourth-order valence-electron chi connectivity index (χ4n) is 2.32. The van der Waals surface area contributed by atoms with Gasteiger partial charge in [-0.25, -0.2) is 0 Å². The van der Waals surface area contributed by atoms with Crippen LogP contribution in [0.5, 0.6) is 17.2 Å². The SMILES string of the molecule is COc1cc(/C=C/C(=O)Nc2ccc(Cl)c(Cl)c2)cc2c1OCCO2. The number of halogens is 2. The molecule has 2 aromatic carbocycles. The normalized spacial score (nSPS) is 12.9. The number of carbonyl (C=O) groups is 1. The summed E-state index contributed by atoms with van der Waals surface area (Å²) in [5.41, 5.74) is 1.31. The molecule has 130 valence electrons. The zero-order valence-corrected chi connectivity index (χ0v) is 14.9. The first-order valence-corrected chi connectivity index (χ1v) is 8.24.